The first-order valence-corrected chi connectivity index (χ1v) is 7.97. The SMILES string of the molecule is CON=C1CNCC1CN(C(=O)OC(C)(C)C)C(=O)OC(C)(C)C. The largest absolute Gasteiger partial charge is 0.443 e. The van der Waals surface area contributed by atoms with Gasteiger partial charge in [-0.3, -0.25) is 0 Å². The van der Waals surface area contributed by atoms with E-state index in [-0.39, 0.29) is 12.5 Å². The van der Waals surface area contributed by atoms with Crippen LogP contribution in [0.15, 0.2) is 5.16 Å². The number of hydrogen-bond donors (Lipinski definition) is 1. The Labute approximate surface area is 143 Å². The van der Waals surface area contributed by atoms with Crippen LogP contribution in [0.3, 0.4) is 0 Å². The lowest BCUT2D eigenvalue weighted by Gasteiger charge is -2.29. The minimum Gasteiger partial charge on any atom is -0.443 e. The van der Waals surface area contributed by atoms with Gasteiger partial charge in [0.1, 0.15) is 18.3 Å². The first kappa shape index (κ1) is 20.2. The van der Waals surface area contributed by atoms with E-state index in [0.29, 0.717) is 13.1 Å². The van der Waals surface area contributed by atoms with Crippen molar-refractivity contribution < 1.29 is 23.9 Å². The highest BCUT2D eigenvalue weighted by atomic mass is 16.6. The first-order chi connectivity index (χ1) is 10.9. The van der Waals surface area contributed by atoms with E-state index in [1.54, 1.807) is 41.5 Å². The Kier molecular flexibility index (Phi) is 6.59. The van der Waals surface area contributed by atoms with Gasteiger partial charge in [-0.2, -0.15) is 0 Å². The van der Waals surface area contributed by atoms with Crippen LogP contribution in [0.1, 0.15) is 41.5 Å². The molecular formula is C16H29N3O5. The molecule has 0 spiro atoms. The summed E-state index contributed by atoms with van der Waals surface area (Å²) in [4.78, 5) is 30.7. The van der Waals surface area contributed by atoms with Crippen LogP contribution in [0.4, 0.5) is 9.59 Å². The molecule has 1 aliphatic heterocycles. The molecule has 1 atom stereocenters. The standard InChI is InChI=1S/C16H29N3O5/c1-15(2,3)23-13(20)19(14(21)24-16(4,5)6)10-11-8-17-9-12(11)18-22-7/h11,17H,8-10H2,1-7H3. The molecule has 1 fully saturated rings. The number of rotatable bonds is 3. The summed E-state index contributed by atoms with van der Waals surface area (Å²) in [5.74, 6) is -0.148. The van der Waals surface area contributed by atoms with E-state index in [9.17, 15) is 9.59 Å². The average Bonchev–Trinajstić information content (AvgIpc) is 2.79. The van der Waals surface area contributed by atoms with Gasteiger partial charge in [0.05, 0.1) is 5.71 Å². The Balaban J connectivity index is 2.94. The number of carbonyl (C=O) groups is 2. The third kappa shape index (κ3) is 6.74. The van der Waals surface area contributed by atoms with Crippen molar-refractivity contribution in [1.29, 1.82) is 0 Å². The molecule has 1 heterocycles. The molecule has 8 nitrogen and oxygen atoms in total. The monoisotopic (exact) mass is 343 g/mol. The predicted octanol–water partition coefficient (Wildman–Crippen LogP) is 2.38. The van der Waals surface area contributed by atoms with Crippen LogP contribution in [0, 0.1) is 5.92 Å². The Hall–Kier alpha value is -1.83. The van der Waals surface area contributed by atoms with Crippen molar-refractivity contribution in [2.45, 2.75) is 52.7 Å². The molecule has 0 aliphatic carbocycles. The summed E-state index contributed by atoms with van der Waals surface area (Å²) in [6, 6.07) is 0. The van der Waals surface area contributed by atoms with Crippen molar-refractivity contribution >= 4 is 17.9 Å². The van der Waals surface area contributed by atoms with E-state index in [1.165, 1.54) is 7.11 Å². The van der Waals surface area contributed by atoms with Gasteiger partial charge in [-0.25, -0.2) is 14.5 Å². The Morgan fingerprint density at radius 3 is 2.04 bits per heavy atom. The van der Waals surface area contributed by atoms with Crippen LogP contribution in [0.5, 0.6) is 0 Å². The lowest BCUT2D eigenvalue weighted by Crippen LogP contribution is -2.46. The third-order valence-electron chi connectivity index (χ3n) is 3.01. The van der Waals surface area contributed by atoms with Gasteiger partial charge in [0, 0.05) is 25.6 Å². The number of nitrogens with one attached hydrogen (secondary N) is 1. The van der Waals surface area contributed by atoms with Crippen LogP contribution in [0.2, 0.25) is 0 Å². The summed E-state index contributed by atoms with van der Waals surface area (Å²) in [7, 11) is 1.46. The Morgan fingerprint density at radius 1 is 1.12 bits per heavy atom. The highest BCUT2D eigenvalue weighted by Crippen LogP contribution is 2.17. The Bertz CT molecular complexity index is 463. The van der Waals surface area contributed by atoms with Gasteiger partial charge in [-0.05, 0) is 41.5 Å². The number of carbonyl (C=O) groups excluding carboxylic acids is 2. The maximum Gasteiger partial charge on any atom is 0.419 e. The van der Waals surface area contributed by atoms with Gasteiger partial charge >= 0.3 is 12.2 Å². The number of ether oxygens (including phenoxy) is 2. The highest BCUT2D eigenvalue weighted by Gasteiger charge is 2.35. The van der Waals surface area contributed by atoms with E-state index in [4.69, 9.17) is 14.3 Å². The van der Waals surface area contributed by atoms with E-state index < -0.39 is 23.4 Å². The van der Waals surface area contributed by atoms with Crippen LogP contribution >= 0.6 is 0 Å². The summed E-state index contributed by atoms with van der Waals surface area (Å²) < 4.78 is 10.7. The van der Waals surface area contributed by atoms with Crippen LogP contribution < -0.4 is 5.32 Å². The summed E-state index contributed by atoms with van der Waals surface area (Å²) in [5, 5.41) is 7.09. The highest BCUT2D eigenvalue weighted by molar-refractivity contribution is 5.93. The normalized spacial score (nSPS) is 20.0. The zero-order valence-electron chi connectivity index (χ0n) is 15.6. The minimum atomic E-state index is -0.736. The van der Waals surface area contributed by atoms with E-state index in [2.05, 4.69) is 10.5 Å². The van der Waals surface area contributed by atoms with Crippen molar-refractivity contribution in [2.24, 2.45) is 11.1 Å². The average molecular weight is 343 g/mol. The quantitative estimate of drug-likeness (QED) is 0.791. The molecule has 1 unspecified atom stereocenters. The van der Waals surface area contributed by atoms with Crippen LogP contribution in [-0.2, 0) is 14.3 Å². The molecule has 0 bridgehead atoms. The van der Waals surface area contributed by atoms with Crippen LogP contribution in [-0.4, -0.2) is 60.7 Å². The molecule has 138 valence electrons. The van der Waals surface area contributed by atoms with Crippen molar-refractivity contribution in [3.63, 3.8) is 0 Å². The molecule has 2 amide bonds. The second-order valence-corrected chi connectivity index (χ2v) is 7.66. The number of oxime groups is 1. The van der Waals surface area contributed by atoms with E-state index >= 15 is 0 Å². The molecule has 0 aromatic heterocycles. The van der Waals surface area contributed by atoms with E-state index in [0.717, 1.165) is 10.6 Å². The third-order valence-corrected chi connectivity index (χ3v) is 3.01. The second-order valence-electron chi connectivity index (χ2n) is 7.66. The van der Waals surface area contributed by atoms with Crippen molar-refractivity contribution in [2.75, 3.05) is 26.7 Å². The van der Waals surface area contributed by atoms with Gasteiger partial charge in [0.2, 0.25) is 0 Å². The maximum atomic E-state index is 12.4. The molecule has 8 heteroatoms. The second kappa shape index (κ2) is 7.83. The maximum absolute atomic E-state index is 12.4. The fourth-order valence-electron chi connectivity index (χ4n) is 2.11. The molecule has 24 heavy (non-hydrogen) atoms. The molecular weight excluding hydrogens is 314 g/mol. The first-order valence-electron chi connectivity index (χ1n) is 7.97. The van der Waals surface area contributed by atoms with Gasteiger partial charge in [0.25, 0.3) is 0 Å². The molecule has 0 radical (unpaired) electrons. The molecule has 0 aromatic rings. The lowest BCUT2D eigenvalue weighted by atomic mass is 10.1. The molecule has 1 N–H and O–H groups in total. The van der Waals surface area contributed by atoms with Crippen molar-refractivity contribution in [1.82, 2.24) is 10.2 Å². The summed E-state index contributed by atoms with van der Waals surface area (Å²) in [6.45, 7) is 11.7. The zero-order chi connectivity index (χ0) is 18.5. The van der Waals surface area contributed by atoms with Crippen molar-refractivity contribution in [3.05, 3.63) is 0 Å². The topological polar surface area (TPSA) is 89.5 Å². The number of imide groups is 1. The summed E-state index contributed by atoms with van der Waals surface area (Å²) in [5.41, 5.74) is -0.682. The van der Waals surface area contributed by atoms with Gasteiger partial charge in [0.15, 0.2) is 0 Å². The molecule has 0 aromatic carbocycles. The summed E-state index contributed by atoms with van der Waals surface area (Å²) >= 11 is 0. The molecule has 1 rings (SSSR count). The van der Waals surface area contributed by atoms with Crippen molar-refractivity contribution in [3.8, 4) is 0 Å². The van der Waals surface area contributed by atoms with Gasteiger partial charge < -0.3 is 19.6 Å². The molecule has 1 saturated heterocycles. The number of hydrogen-bond acceptors (Lipinski definition) is 7. The van der Waals surface area contributed by atoms with E-state index in [1.807, 2.05) is 0 Å². The van der Waals surface area contributed by atoms with Crippen LogP contribution in [0.25, 0.3) is 0 Å². The van der Waals surface area contributed by atoms with Gasteiger partial charge in [-0.1, -0.05) is 5.16 Å². The smallest absolute Gasteiger partial charge is 0.419 e. The predicted molar refractivity (Wildman–Crippen MR) is 90.0 cm³/mol. The summed E-state index contributed by atoms with van der Waals surface area (Å²) in [6.07, 6.45) is -1.47. The fourth-order valence-corrected chi connectivity index (χ4v) is 2.11. The molecule has 0 saturated carbocycles. The number of amides is 2. The minimum absolute atomic E-state index is 0.110. The number of nitrogens with zero attached hydrogens (tertiary/aromatic N) is 2. The molecule has 1 aliphatic rings. The Morgan fingerprint density at radius 2 is 1.62 bits per heavy atom. The van der Waals surface area contributed by atoms with Gasteiger partial charge in [-0.15, -0.1) is 0 Å². The lowest BCUT2D eigenvalue weighted by molar-refractivity contribution is 0.000226. The fraction of sp³-hybridized carbons (Fsp3) is 0.812. The zero-order valence-corrected chi connectivity index (χ0v) is 15.6.